The highest BCUT2D eigenvalue weighted by molar-refractivity contribution is 7.99. The van der Waals surface area contributed by atoms with Crippen molar-refractivity contribution in [2.75, 3.05) is 11.5 Å². The van der Waals surface area contributed by atoms with Crippen molar-refractivity contribution in [3.8, 4) is 12.3 Å². The number of hydrogen-bond donors (Lipinski definition) is 1. The maximum Gasteiger partial charge on any atom is 0.0240 e. The molecule has 0 radical (unpaired) electrons. The van der Waals surface area contributed by atoms with Crippen LogP contribution in [0.15, 0.2) is 0 Å². The van der Waals surface area contributed by atoms with E-state index in [9.17, 15) is 0 Å². The molecule has 0 aliphatic carbocycles. The van der Waals surface area contributed by atoms with Gasteiger partial charge < -0.3 is 5.32 Å². The van der Waals surface area contributed by atoms with Gasteiger partial charge in [-0.05, 0) is 30.8 Å². The van der Waals surface area contributed by atoms with Crippen molar-refractivity contribution in [2.45, 2.75) is 44.7 Å². The zero-order valence-electron chi connectivity index (χ0n) is 8.38. The van der Waals surface area contributed by atoms with Gasteiger partial charge in [-0.2, -0.15) is 11.8 Å². The maximum absolute atomic E-state index is 5.32. The van der Waals surface area contributed by atoms with E-state index in [2.05, 4.69) is 29.9 Å². The minimum Gasteiger partial charge on any atom is -0.310 e. The summed E-state index contributed by atoms with van der Waals surface area (Å²) in [6.45, 7) is 2.20. The lowest BCUT2D eigenvalue weighted by molar-refractivity contribution is 0.402. The van der Waals surface area contributed by atoms with Crippen LogP contribution < -0.4 is 5.32 Å². The van der Waals surface area contributed by atoms with Crippen LogP contribution in [0.25, 0.3) is 0 Å². The summed E-state index contributed by atoms with van der Waals surface area (Å²) >= 11 is 2.07. The van der Waals surface area contributed by atoms with E-state index < -0.39 is 0 Å². The quantitative estimate of drug-likeness (QED) is 0.694. The van der Waals surface area contributed by atoms with E-state index >= 15 is 0 Å². The standard InChI is InChI=1S/C11H19NS/c1-3-5-10(4-2)12-11-6-8-13-9-7-11/h1,10-12H,4-9H2,2H3. The Morgan fingerprint density at radius 1 is 1.54 bits per heavy atom. The summed E-state index contributed by atoms with van der Waals surface area (Å²) in [6, 6.07) is 1.26. The molecular formula is C11H19NS. The fourth-order valence-electron chi connectivity index (χ4n) is 1.66. The second-order valence-electron chi connectivity index (χ2n) is 3.57. The lowest BCUT2D eigenvalue weighted by Crippen LogP contribution is -2.39. The average molecular weight is 197 g/mol. The molecular weight excluding hydrogens is 178 g/mol. The zero-order chi connectivity index (χ0) is 9.52. The Hall–Kier alpha value is -0.130. The average Bonchev–Trinajstić information content (AvgIpc) is 2.19. The van der Waals surface area contributed by atoms with Crippen LogP contribution in [-0.4, -0.2) is 23.6 Å². The smallest absolute Gasteiger partial charge is 0.0240 e. The SMILES string of the molecule is C#CCC(CC)NC1CCSCC1. The predicted octanol–water partition coefficient (Wildman–Crippen LogP) is 2.27. The molecule has 1 rings (SSSR count). The van der Waals surface area contributed by atoms with E-state index in [1.54, 1.807) is 0 Å². The van der Waals surface area contributed by atoms with Gasteiger partial charge in [-0.25, -0.2) is 0 Å². The molecule has 1 aliphatic rings. The molecule has 1 atom stereocenters. The lowest BCUT2D eigenvalue weighted by atomic mass is 10.1. The number of hydrogen-bond acceptors (Lipinski definition) is 2. The molecule has 1 nitrogen and oxygen atoms in total. The Labute approximate surface area is 86.1 Å². The molecule has 0 spiro atoms. The monoisotopic (exact) mass is 197 g/mol. The van der Waals surface area contributed by atoms with E-state index in [1.807, 2.05) is 0 Å². The Morgan fingerprint density at radius 3 is 2.77 bits per heavy atom. The van der Waals surface area contributed by atoms with Crippen molar-refractivity contribution in [3.63, 3.8) is 0 Å². The van der Waals surface area contributed by atoms with E-state index in [0.717, 1.165) is 18.9 Å². The topological polar surface area (TPSA) is 12.0 Å². The molecule has 1 heterocycles. The van der Waals surface area contributed by atoms with Crippen molar-refractivity contribution in [1.82, 2.24) is 5.32 Å². The highest BCUT2D eigenvalue weighted by atomic mass is 32.2. The summed E-state index contributed by atoms with van der Waals surface area (Å²) in [4.78, 5) is 0. The molecule has 0 saturated carbocycles. The molecule has 74 valence electrons. The largest absolute Gasteiger partial charge is 0.310 e. The fraction of sp³-hybridized carbons (Fsp3) is 0.818. The molecule has 1 saturated heterocycles. The van der Waals surface area contributed by atoms with Crippen LogP contribution in [0.3, 0.4) is 0 Å². The summed E-state index contributed by atoms with van der Waals surface area (Å²) in [7, 11) is 0. The molecule has 0 bridgehead atoms. The van der Waals surface area contributed by atoms with Crippen molar-refractivity contribution in [2.24, 2.45) is 0 Å². The molecule has 13 heavy (non-hydrogen) atoms. The minimum atomic E-state index is 0.540. The minimum absolute atomic E-state index is 0.540. The Balaban J connectivity index is 2.23. The van der Waals surface area contributed by atoms with E-state index in [0.29, 0.717) is 6.04 Å². The van der Waals surface area contributed by atoms with Gasteiger partial charge in [-0.3, -0.25) is 0 Å². The predicted molar refractivity (Wildman–Crippen MR) is 61.0 cm³/mol. The zero-order valence-corrected chi connectivity index (χ0v) is 9.20. The first-order chi connectivity index (χ1) is 6.36. The normalized spacial score (nSPS) is 20.9. The lowest BCUT2D eigenvalue weighted by Gasteiger charge is -2.26. The summed E-state index contributed by atoms with van der Waals surface area (Å²) in [5, 5.41) is 3.65. The third kappa shape index (κ3) is 4.06. The third-order valence-corrected chi connectivity index (χ3v) is 3.60. The van der Waals surface area contributed by atoms with Gasteiger partial charge in [0.2, 0.25) is 0 Å². The van der Waals surface area contributed by atoms with Gasteiger partial charge in [0, 0.05) is 18.5 Å². The van der Waals surface area contributed by atoms with E-state index in [1.165, 1.54) is 24.3 Å². The number of terminal acetylenes is 1. The van der Waals surface area contributed by atoms with Gasteiger partial charge in [0.15, 0.2) is 0 Å². The number of thioether (sulfide) groups is 1. The summed E-state index contributed by atoms with van der Waals surface area (Å²) in [5.74, 6) is 5.36. The van der Waals surface area contributed by atoms with Crippen LogP contribution in [-0.2, 0) is 0 Å². The maximum atomic E-state index is 5.32. The molecule has 0 amide bonds. The highest BCUT2D eigenvalue weighted by Crippen LogP contribution is 2.17. The Morgan fingerprint density at radius 2 is 2.23 bits per heavy atom. The fourth-order valence-corrected chi connectivity index (χ4v) is 2.77. The van der Waals surface area contributed by atoms with E-state index in [-0.39, 0.29) is 0 Å². The van der Waals surface area contributed by atoms with Crippen LogP contribution in [0.1, 0.15) is 32.6 Å². The molecule has 1 N–H and O–H groups in total. The van der Waals surface area contributed by atoms with E-state index in [4.69, 9.17) is 6.42 Å². The van der Waals surface area contributed by atoms with Crippen molar-refractivity contribution >= 4 is 11.8 Å². The first-order valence-electron chi connectivity index (χ1n) is 5.14. The van der Waals surface area contributed by atoms with Crippen LogP contribution in [0.2, 0.25) is 0 Å². The molecule has 1 fully saturated rings. The van der Waals surface area contributed by atoms with Gasteiger partial charge in [-0.1, -0.05) is 6.92 Å². The first-order valence-corrected chi connectivity index (χ1v) is 6.29. The van der Waals surface area contributed by atoms with Crippen LogP contribution in [0, 0.1) is 12.3 Å². The van der Waals surface area contributed by atoms with Gasteiger partial charge in [-0.15, -0.1) is 12.3 Å². The van der Waals surface area contributed by atoms with Gasteiger partial charge in [0.25, 0.3) is 0 Å². The Bertz CT molecular complexity index is 167. The second kappa shape index (κ2) is 6.34. The third-order valence-electron chi connectivity index (χ3n) is 2.55. The first kappa shape index (κ1) is 10.9. The summed E-state index contributed by atoms with van der Waals surface area (Å²) in [5.41, 5.74) is 0. The number of nitrogens with one attached hydrogen (secondary N) is 1. The van der Waals surface area contributed by atoms with Crippen molar-refractivity contribution in [1.29, 1.82) is 0 Å². The molecule has 2 heteroatoms. The summed E-state index contributed by atoms with van der Waals surface area (Å²) in [6.07, 6.45) is 9.96. The van der Waals surface area contributed by atoms with Crippen LogP contribution in [0.4, 0.5) is 0 Å². The van der Waals surface area contributed by atoms with Gasteiger partial charge >= 0.3 is 0 Å². The summed E-state index contributed by atoms with van der Waals surface area (Å²) < 4.78 is 0. The molecule has 1 aliphatic heterocycles. The van der Waals surface area contributed by atoms with Crippen molar-refractivity contribution in [3.05, 3.63) is 0 Å². The molecule has 0 aromatic rings. The van der Waals surface area contributed by atoms with Crippen LogP contribution >= 0.6 is 11.8 Å². The molecule has 0 aromatic carbocycles. The molecule has 0 aromatic heterocycles. The van der Waals surface area contributed by atoms with Gasteiger partial charge in [0.05, 0.1) is 0 Å². The second-order valence-corrected chi connectivity index (χ2v) is 4.79. The Kier molecular flexibility index (Phi) is 5.34. The van der Waals surface area contributed by atoms with Gasteiger partial charge in [0.1, 0.15) is 0 Å². The van der Waals surface area contributed by atoms with Crippen molar-refractivity contribution < 1.29 is 0 Å². The molecule has 1 unspecified atom stereocenters. The van der Waals surface area contributed by atoms with Crippen LogP contribution in [0.5, 0.6) is 0 Å². The number of rotatable bonds is 4. The highest BCUT2D eigenvalue weighted by Gasteiger charge is 2.16.